The number of esters is 1. The molecular weight excluding hydrogens is 308 g/mol. The van der Waals surface area contributed by atoms with Crippen molar-refractivity contribution in [2.75, 3.05) is 18.2 Å². The number of aromatic amines is 1. The van der Waals surface area contributed by atoms with E-state index in [4.69, 9.17) is 5.73 Å². The van der Waals surface area contributed by atoms with Crippen molar-refractivity contribution in [2.45, 2.75) is 19.8 Å². The fourth-order valence-corrected chi connectivity index (χ4v) is 2.67. The molecule has 1 amide bonds. The second kappa shape index (κ2) is 6.19. The molecule has 2 aromatic rings. The Hall–Kier alpha value is -3.09. The van der Waals surface area contributed by atoms with E-state index in [0.29, 0.717) is 35.5 Å². The lowest BCUT2D eigenvalue weighted by Crippen LogP contribution is -2.04. The standard InChI is InChI=1S/C17H18N4O3/c1-9-10(3-4-15(22)24-2)7-19-14(9)6-13-12-5-11(18)8-20-16(12)21-17(13)23/h5-8,19H,3-4,18H2,1-2H3,(H,20,21,23). The van der Waals surface area contributed by atoms with E-state index in [0.717, 1.165) is 16.8 Å². The Morgan fingerprint density at radius 2 is 2.25 bits per heavy atom. The first-order valence-corrected chi connectivity index (χ1v) is 7.52. The zero-order chi connectivity index (χ0) is 17.3. The third kappa shape index (κ3) is 2.88. The molecule has 0 aromatic carbocycles. The predicted octanol–water partition coefficient (Wildman–Crippen LogP) is 1.90. The highest BCUT2D eigenvalue weighted by Crippen LogP contribution is 2.33. The zero-order valence-corrected chi connectivity index (χ0v) is 13.5. The molecule has 0 unspecified atom stereocenters. The highest BCUT2D eigenvalue weighted by atomic mass is 16.5. The molecule has 0 aliphatic carbocycles. The molecule has 3 rings (SSSR count). The minimum Gasteiger partial charge on any atom is -0.469 e. The number of hydrogen-bond donors (Lipinski definition) is 3. The van der Waals surface area contributed by atoms with Gasteiger partial charge in [0.15, 0.2) is 0 Å². The van der Waals surface area contributed by atoms with E-state index in [1.807, 2.05) is 13.1 Å². The first kappa shape index (κ1) is 15.8. The van der Waals surface area contributed by atoms with Crippen LogP contribution in [0.1, 0.15) is 28.8 Å². The van der Waals surface area contributed by atoms with Gasteiger partial charge in [-0.15, -0.1) is 0 Å². The van der Waals surface area contributed by atoms with Gasteiger partial charge in [0.05, 0.1) is 24.6 Å². The highest BCUT2D eigenvalue weighted by Gasteiger charge is 2.26. The molecule has 1 aliphatic heterocycles. The Balaban J connectivity index is 1.90. The third-order valence-corrected chi connectivity index (χ3v) is 4.08. The lowest BCUT2D eigenvalue weighted by atomic mass is 10.0. The summed E-state index contributed by atoms with van der Waals surface area (Å²) < 4.78 is 4.66. The quantitative estimate of drug-likeness (QED) is 0.587. The summed E-state index contributed by atoms with van der Waals surface area (Å²) in [6, 6.07) is 1.72. The van der Waals surface area contributed by atoms with Crippen LogP contribution in [0.25, 0.3) is 11.6 Å². The Morgan fingerprint density at radius 1 is 1.46 bits per heavy atom. The number of carbonyl (C=O) groups is 2. The fraction of sp³-hybridized carbons (Fsp3) is 0.235. The van der Waals surface area contributed by atoms with Crippen LogP contribution in [-0.4, -0.2) is 29.0 Å². The van der Waals surface area contributed by atoms with Gasteiger partial charge in [0.25, 0.3) is 5.91 Å². The number of pyridine rings is 1. The third-order valence-electron chi connectivity index (χ3n) is 4.08. The Kier molecular flexibility index (Phi) is 4.07. The molecule has 0 fully saturated rings. The van der Waals surface area contributed by atoms with Crippen molar-refractivity contribution in [2.24, 2.45) is 0 Å². The summed E-state index contributed by atoms with van der Waals surface area (Å²) >= 11 is 0. The van der Waals surface area contributed by atoms with E-state index in [2.05, 4.69) is 20.0 Å². The molecule has 4 N–H and O–H groups in total. The van der Waals surface area contributed by atoms with E-state index < -0.39 is 0 Å². The zero-order valence-electron chi connectivity index (χ0n) is 13.5. The number of nitrogens with one attached hydrogen (secondary N) is 2. The van der Waals surface area contributed by atoms with Gasteiger partial charge >= 0.3 is 5.97 Å². The summed E-state index contributed by atoms with van der Waals surface area (Å²) in [6.07, 6.45) is 6.02. The number of fused-ring (bicyclic) bond motifs is 1. The van der Waals surface area contributed by atoms with Crippen LogP contribution in [0, 0.1) is 6.92 Å². The van der Waals surface area contributed by atoms with E-state index >= 15 is 0 Å². The number of hydrogen-bond acceptors (Lipinski definition) is 5. The summed E-state index contributed by atoms with van der Waals surface area (Å²) in [5, 5.41) is 2.72. The van der Waals surface area contributed by atoms with Gasteiger partial charge in [-0.05, 0) is 36.6 Å². The van der Waals surface area contributed by atoms with Crippen LogP contribution < -0.4 is 11.1 Å². The molecular formula is C17H18N4O3. The molecule has 0 saturated carbocycles. The number of rotatable bonds is 4. The molecule has 0 atom stereocenters. The minimum atomic E-state index is -0.249. The number of anilines is 2. The normalized spacial score (nSPS) is 14.6. The lowest BCUT2D eigenvalue weighted by molar-refractivity contribution is -0.140. The molecule has 7 nitrogen and oxygen atoms in total. The number of aromatic nitrogens is 2. The molecule has 3 heterocycles. The number of aryl methyl sites for hydroxylation is 1. The second-order valence-corrected chi connectivity index (χ2v) is 5.61. The number of carbonyl (C=O) groups excluding carboxylic acids is 2. The van der Waals surface area contributed by atoms with Gasteiger partial charge in [-0.1, -0.05) is 0 Å². The fourth-order valence-electron chi connectivity index (χ4n) is 2.67. The topological polar surface area (TPSA) is 110 Å². The van der Waals surface area contributed by atoms with Crippen LogP contribution >= 0.6 is 0 Å². The van der Waals surface area contributed by atoms with E-state index in [-0.39, 0.29) is 11.9 Å². The summed E-state index contributed by atoms with van der Waals surface area (Å²) in [5.41, 5.74) is 10.3. The van der Waals surface area contributed by atoms with E-state index in [1.165, 1.54) is 13.3 Å². The summed E-state index contributed by atoms with van der Waals surface area (Å²) in [7, 11) is 1.37. The van der Waals surface area contributed by atoms with Crippen LogP contribution in [0.4, 0.5) is 11.5 Å². The van der Waals surface area contributed by atoms with Crippen molar-refractivity contribution in [1.29, 1.82) is 0 Å². The summed E-state index contributed by atoms with van der Waals surface area (Å²) in [6.45, 7) is 1.95. The van der Waals surface area contributed by atoms with Gasteiger partial charge < -0.3 is 20.8 Å². The van der Waals surface area contributed by atoms with E-state index in [9.17, 15) is 9.59 Å². The van der Waals surface area contributed by atoms with Crippen molar-refractivity contribution < 1.29 is 14.3 Å². The van der Waals surface area contributed by atoms with Crippen LogP contribution in [0.2, 0.25) is 0 Å². The van der Waals surface area contributed by atoms with Gasteiger partial charge in [-0.2, -0.15) is 0 Å². The maximum Gasteiger partial charge on any atom is 0.305 e. The van der Waals surface area contributed by atoms with Gasteiger partial charge in [-0.3, -0.25) is 9.59 Å². The molecule has 124 valence electrons. The van der Waals surface area contributed by atoms with Gasteiger partial charge in [0.2, 0.25) is 0 Å². The van der Waals surface area contributed by atoms with E-state index in [1.54, 1.807) is 12.1 Å². The molecule has 0 bridgehead atoms. The van der Waals surface area contributed by atoms with Crippen LogP contribution in [-0.2, 0) is 20.7 Å². The summed E-state index contributed by atoms with van der Waals surface area (Å²) in [4.78, 5) is 30.7. The average Bonchev–Trinajstić information content (AvgIpc) is 3.06. The van der Waals surface area contributed by atoms with Crippen molar-refractivity contribution >= 4 is 35.0 Å². The molecule has 0 spiro atoms. The predicted molar refractivity (Wildman–Crippen MR) is 91.0 cm³/mol. The largest absolute Gasteiger partial charge is 0.469 e. The molecule has 24 heavy (non-hydrogen) atoms. The smallest absolute Gasteiger partial charge is 0.305 e. The Bertz CT molecular complexity index is 852. The molecule has 7 heteroatoms. The van der Waals surface area contributed by atoms with Crippen LogP contribution in [0.5, 0.6) is 0 Å². The molecule has 2 aromatic heterocycles. The minimum absolute atomic E-state index is 0.215. The number of amides is 1. The monoisotopic (exact) mass is 326 g/mol. The molecule has 0 saturated heterocycles. The number of nitrogen functional groups attached to an aromatic ring is 1. The number of H-pyrrole nitrogens is 1. The second-order valence-electron chi connectivity index (χ2n) is 5.61. The molecule has 0 radical (unpaired) electrons. The number of nitrogens with zero attached hydrogens (tertiary/aromatic N) is 1. The number of methoxy groups -OCH3 is 1. The van der Waals surface area contributed by atoms with Gasteiger partial charge in [0, 0.05) is 23.9 Å². The number of nitrogens with two attached hydrogens (primary N) is 1. The van der Waals surface area contributed by atoms with Crippen molar-refractivity contribution in [3.05, 3.63) is 40.8 Å². The Labute approximate surface area is 138 Å². The maximum absolute atomic E-state index is 12.2. The first-order chi connectivity index (χ1) is 11.5. The van der Waals surface area contributed by atoms with Crippen molar-refractivity contribution in [1.82, 2.24) is 9.97 Å². The Morgan fingerprint density at radius 3 is 3.00 bits per heavy atom. The maximum atomic E-state index is 12.2. The average molecular weight is 326 g/mol. The van der Waals surface area contributed by atoms with Crippen LogP contribution in [0.15, 0.2) is 18.5 Å². The van der Waals surface area contributed by atoms with Gasteiger partial charge in [0.1, 0.15) is 5.82 Å². The lowest BCUT2D eigenvalue weighted by Gasteiger charge is -2.01. The SMILES string of the molecule is COC(=O)CCc1c[nH]c(C=C2C(=O)Nc3ncc(N)cc32)c1C. The first-order valence-electron chi connectivity index (χ1n) is 7.52. The van der Waals surface area contributed by atoms with Crippen LogP contribution in [0.3, 0.4) is 0 Å². The van der Waals surface area contributed by atoms with Crippen molar-refractivity contribution in [3.8, 4) is 0 Å². The summed E-state index contributed by atoms with van der Waals surface area (Å²) in [5.74, 6) is 0.0462. The number of ether oxygens (including phenoxy) is 1. The van der Waals surface area contributed by atoms with Gasteiger partial charge in [-0.25, -0.2) is 4.98 Å². The molecule has 1 aliphatic rings. The highest BCUT2D eigenvalue weighted by molar-refractivity contribution is 6.34. The van der Waals surface area contributed by atoms with Crippen molar-refractivity contribution in [3.63, 3.8) is 0 Å².